The van der Waals surface area contributed by atoms with E-state index in [1.807, 2.05) is 0 Å². The van der Waals surface area contributed by atoms with Crippen LogP contribution in [-0.2, 0) is 6.54 Å². The van der Waals surface area contributed by atoms with Gasteiger partial charge in [0.25, 0.3) is 0 Å². The van der Waals surface area contributed by atoms with Crippen LogP contribution in [0.2, 0.25) is 0 Å². The number of alkyl halides is 2. The van der Waals surface area contributed by atoms with E-state index in [2.05, 4.69) is 20.2 Å². The predicted octanol–water partition coefficient (Wildman–Crippen LogP) is 3.63. The third-order valence-electron chi connectivity index (χ3n) is 5.23. The van der Waals surface area contributed by atoms with Gasteiger partial charge in [-0.05, 0) is 24.7 Å². The van der Waals surface area contributed by atoms with Crippen LogP contribution in [0.1, 0.15) is 50.9 Å². The summed E-state index contributed by atoms with van der Waals surface area (Å²) < 4.78 is 26.6. The first-order valence-corrected chi connectivity index (χ1v) is 8.39. The summed E-state index contributed by atoms with van der Waals surface area (Å²) in [6, 6.07) is 0. The average molecular weight is 453 g/mol. The smallest absolute Gasteiger partial charge is 0.319 e. The Morgan fingerprint density at radius 1 is 1.33 bits per heavy atom. The molecule has 5 nitrogen and oxygen atoms in total. The number of nitrogens with zero attached hydrogens (tertiary/aromatic N) is 4. The van der Waals surface area contributed by atoms with Crippen molar-refractivity contribution in [1.29, 1.82) is 0 Å². The summed E-state index contributed by atoms with van der Waals surface area (Å²) in [6.45, 7) is -0.291. The number of likely N-dealkylation sites (tertiary alicyclic amines) is 1. The van der Waals surface area contributed by atoms with E-state index in [1.54, 1.807) is 7.05 Å². The Hall–Kier alpha value is -0.930. The van der Waals surface area contributed by atoms with Crippen LogP contribution < -0.4 is 5.32 Å². The number of halogens is 3. The molecule has 3 rings (SSSR count). The fraction of sp³-hybridized carbons (Fsp3) is 0.750. The van der Waals surface area contributed by atoms with Crippen LogP contribution in [-0.4, -0.2) is 40.5 Å². The highest BCUT2D eigenvalue weighted by molar-refractivity contribution is 14.0. The zero-order valence-electron chi connectivity index (χ0n) is 14.0. The average Bonchev–Trinajstić information content (AvgIpc) is 3.17. The molecular formula is C16H26F2IN5. The number of aromatic nitrogens is 2. The molecule has 1 aromatic heterocycles. The quantitative estimate of drug-likeness (QED) is 0.432. The summed E-state index contributed by atoms with van der Waals surface area (Å²) in [5.41, 5.74) is 0.442. The van der Waals surface area contributed by atoms with Gasteiger partial charge >= 0.3 is 6.55 Å². The van der Waals surface area contributed by atoms with Crippen molar-refractivity contribution in [3.8, 4) is 0 Å². The zero-order valence-corrected chi connectivity index (χ0v) is 16.4. The molecule has 1 aliphatic heterocycles. The van der Waals surface area contributed by atoms with Crippen LogP contribution in [0.3, 0.4) is 0 Å². The lowest BCUT2D eigenvalue weighted by Crippen LogP contribution is -2.41. The van der Waals surface area contributed by atoms with E-state index in [9.17, 15) is 8.78 Å². The van der Waals surface area contributed by atoms with Crippen LogP contribution in [0.5, 0.6) is 0 Å². The van der Waals surface area contributed by atoms with Gasteiger partial charge in [0, 0.05) is 32.5 Å². The lowest BCUT2D eigenvalue weighted by atomic mass is 9.73. The first-order chi connectivity index (χ1) is 11.1. The van der Waals surface area contributed by atoms with Crippen LogP contribution in [0.15, 0.2) is 17.4 Å². The summed E-state index contributed by atoms with van der Waals surface area (Å²) in [6.07, 6.45) is 10.5. The Morgan fingerprint density at radius 3 is 2.75 bits per heavy atom. The molecule has 8 heteroatoms. The van der Waals surface area contributed by atoms with E-state index in [0.717, 1.165) is 23.6 Å². The van der Waals surface area contributed by atoms with Gasteiger partial charge in [0.2, 0.25) is 0 Å². The molecule has 136 valence electrons. The number of hydrogen-bond acceptors (Lipinski definition) is 2. The minimum Gasteiger partial charge on any atom is -0.349 e. The van der Waals surface area contributed by atoms with Crippen LogP contribution in [0.25, 0.3) is 0 Å². The summed E-state index contributed by atoms with van der Waals surface area (Å²) in [5, 5.41) is 3.19. The first kappa shape index (κ1) is 19.4. The molecule has 0 aromatic carbocycles. The van der Waals surface area contributed by atoms with Crippen molar-refractivity contribution in [3.63, 3.8) is 0 Å². The van der Waals surface area contributed by atoms with Crippen molar-refractivity contribution in [2.45, 2.75) is 51.6 Å². The summed E-state index contributed by atoms with van der Waals surface area (Å²) in [7, 11) is 1.74. The minimum atomic E-state index is -2.56. The molecule has 2 heterocycles. The number of hydrogen-bond donors (Lipinski definition) is 1. The second-order valence-corrected chi connectivity index (χ2v) is 6.66. The topological polar surface area (TPSA) is 45.5 Å². The fourth-order valence-electron chi connectivity index (χ4n) is 3.97. The molecule has 0 atom stereocenters. The molecule has 1 saturated heterocycles. The predicted molar refractivity (Wildman–Crippen MR) is 101 cm³/mol. The number of rotatable bonds is 3. The second kappa shape index (κ2) is 8.44. The third kappa shape index (κ3) is 4.18. The van der Waals surface area contributed by atoms with Crippen molar-refractivity contribution in [2.75, 3.05) is 20.1 Å². The van der Waals surface area contributed by atoms with Gasteiger partial charge < -0.3 is 10.2 Å². The lowest BCUT2D eigenvalue weighted by molar-refractivity contribution is 0.0668. The maximum absolute atomic E-state index is 12.9. The van der Waals surface area contributed by atoms with Gasteiger partial charge in [0.15, 0.2) is 5.96 Å². The number of aliphatic imine (C=N–C) groups is 1. The van der Waals surface area contributed by atoms with Crippen LogP contribution in [0.4, 0.5) is 8.78 Å². The standard InChI is InChI=1S/C16H25F2N5.HI/c1-19-15(21-11-13-20-8-10-23(13)14(17)18)22-9-7-16(12-22)5-3-2-4-6-16;/h8,10,14H,2-7,9,11-12H2,1H3,(H,19,21);1H. The van der Waals surface area contributed by atoms with Gasteiger partial charge in [0.1, 0.15) is 5.82 Å². The molecular weight excluding hydrogens is 427 g/mol. The lowest BCUT2D eigenvalue weighted by Gasteiger charge is -2.33. The Labute approximate surface area is 158 Å². The SMILES string of the molecule is CN=C(NCc1nccn1C(F)F)N1CCC2(CCCCC2)C1.I. The number of imidazole rings is 1. The van der Waals surface area contributed by atoms with Gasteiger partial charge in [0.05, 0.1) is 6.54 Å². The van der Waals surface area contributed by atoms with Crippen molar-refractivity contribution >= 4 is 29.9 Å². The van der Waals surface area contributed by atoms with E-state index in [0.29, 0.717) is 11.2 Å². The van der Waals surface area contributed by atoms with Crippen molar-refractivity contribution in [2.24, 2.45) is 10.4 Å². The summed E-state index contributed by atoms with van der Waals surface area (Å²) in [5.74, 6) is 1.11. The van der Waals surface area contributed by atoms with Gasteiger partial charge in [-0.25, -0.2) is 4.98 Å². The highest BCUT2D eigenvalue weighted by Crippen LogP contribution is 2.43. The fourth-order valence-corrected chi connectivity index (χ4v) is 3.97. The maximum Gasteiger partial charge on any atom is 0.319 e. The highest BCUT2D eigenvalue weighted by Gasteiger charge is 2.39. The Kier molecular flexibility index (Phi) is 6.82. The third-order valence-corrected chi connectivity index (χ3v) is 5.23. The molecule has 24 heavy (non-hydrogen) atoms. The molecule has 1 aromatic rings. The Balaban J connectivity index is 0.00000208. The maximum atomic E-state index is 12.9. The Morgan fingerprint density at radius 2 is 2.08 bits per heavy atom. The molecule has 1 spiro atoms. The highest BCUT2D eigenvalue weighted by atomic mass is 127. The first-order valence-electron chi connectivity index (χ1n) is 8.39. The Bertz CT molecular complexity index is 554. The molecule has 2 fully saturated rings. The van der Waals surface area contributed by atoms with E-state index in [-0.39, 0.29) is 30.5 Å². The van der Waals surface area contributed by atoms with Gasteiger partial charge in [-0.2, -0.15) is 8.78 Å². The summed E-state index contributed by atoms with van der Waals surface area (Å²) >= 11 is 0. The zero-order chi connectivity index (χ0) is 16.3. The van der Waals surface area contributed by atoms with E-state index in [1.165, 1.54) is 50.9 Å². The van der Waals surface area contributed by atoms with Crippen molar-refractivity contribution < 1.29 is 8.78 Å². The molecule has 0 bridgehead atoms. The number of nitrogens with one attached hydrogen (secondary N) is 1. The van der Waals surface area contributed by atoms with Gasteiger partial charge in [-0.15, -0.1) is 24.0 Å². The van der Waals surface area contributed by atoms with Gasteiger partial charge in [-0.1, -0.05) is 19.3 Å². The molecule has 0 radical (unpaired) electrons. The van der Waals surface area contributed by atoms with Crippen LogP contribution in [0, 0.1) is 5.41 Å². The normalized spacial score (nSPS) is 20.5. The van der Waals surface area contributed by atoms with Gasteiger partial charge in [-0.3, -0.25) is 9.56 Å². The molecule has 1 N–H and O–H groups in total. The molecule has 0 unspecified atom stereocenters. The molecule has 2 aliphatic rings. The van der Waals surface area contributed by atoms with E-state index < -0.39 is 6.55 Å². The largest absolute Gasteiger partial charge is 0.349 e. The van der Waals surface area contributed by atoms with Crippen molar-refractivity contribution in [3.05, 3.63) is 18.2 Å². The molecule has 0 amide bonds. The molecule has 1 aliphatic carbocycles. The van der Waals surface area contributed by atoms with Crippen molar-refractivity contribution in [1.82, 2.24) is 19.8 Å². The second-order valence-electron chi connectivity index (χ2n) is 6.66. The number of guanidine groups is 1. The summed E-state index contributed by atoms with van der Waals surface area (Å²) in [4.78, 5) is 10.6. The van der Waals surface area contributed by atoms with E-state index in [4.69, 9.17) is 0 Å². The molecule has 1 saturated carbocycles. The van der Waals surface area contributed by atoms with E-state index >= 15 is 0 Å². The van der Waals surface area contributed by atoms with Crippen LogP contribution >= 0.6 is 24.0 Å². The monoisotopic (exact) mass is 453 g/mol. The minimum absolute atomic E-state index is 0.